The lowest BCUT2D eigenvalue weighted by Gasteiger charge is -2.10. The van der Waals surface area contributed by atoms with Crippen LogP contribution in [-0.4, -0.2) is 27.0 Å². The Kier molecular flexibility index (Phi) is 5.91. The lowest BCUT2D eigenvalue weighted by molar-refractivity contribution is -0.274. The number of amides is 1. The maximum atomic E-state index is 12.2. The van der Waals surface area contributed by atoms with E-state index in [1.807, 2.05) is 0 Å². The SMILES string of the molecule is O=C(Cn1nc(-c2ccncc2)ccc1=O)NCc1ccc(OC(F)(F)F)cc1. The molecule has 3 aromatic rings. The van der Waals surface area contributed by atoms with Crippen LogP contribution in [0.4, 0.5) is 13.2 Å². The zero-order valence-electron chi connectivity index (χ0n) is 14.9. The van der Waals surface area contributed by atoms with E-state index >= 15 is 0 Å². The fourth-order valence-electron chi connectivity index (χ4n) is 2.44. The maximum Gasteiger partial charge on any atom is 0.573 e. The number of pyridine rings is 1. The molecule has 0 bridgehead atoms. The minimum atomic E-state index is -4.76. The summed E-state index contributed by atoms with van der Waals surface area (Å²) in [5.41, 5.74) is 1.39. The van der Waals surface area contributed by atoms with Crippen LogP contribution in [0.1, 0.15) is 5.56 Å². The van der Waals surface area contributed by atoms with Gasteiger partial charge in [0, 0.05) is 30.6 Å². The van der Waals surface area contributed by atoms with E-state index in [9.17, 15) is 22.8 Å². The van der Waals surface area contributed by atoms with Crippen molar-refractivity contribution in [1.82, 2.24) is 20.1 Å². The molecule has 1 aromatic carbocycles. The Balaban J connectivity index is 1.60. The number of ether oxygens (including phenoxy) is 1. The predicted molar refractivity (Wildman–Crippen MR) is 96.7 cm³/mol. The van der Waals surface area contributed by atoms with Crippen LogP contribution in [0.15, 0.2) is 65.7 Å². The lowest BCUT2D eigenvalue weighted by Crippen LogP contribution is -2.33. The first-order valence-corrected chi connectivity index (χ1v) is 8.40. The molecule has 7 nitrogen and oxygen atoms in total. The van der Waals surface area contributed by atoms with Gasteiger partial charge in [-0.2, -0.15) is 5.10 Å². The van der Waals surface area contributed by atoms with Crippen LogP contribution in [0.3, 0.4) is 0 Å². The van der Waals surface area contributed by atoms with Crippen LogP contribution in [0.25, 0.3) is 11.3 Å². The highest BCUT2D eigenvalue weighted by atomic mass is 19.4. The minimum absolute atomic E-state index is 0.0733. The number of halogens is 3. The van der Waals surface area contributed by atoms with Gasteiger partial charge in [-0.3, -0.25) is 14.6 Å². The molecule has 150 valence electrons. The molecule has 0 unspecified atom stereocenters. The number of alkyl halides is 3. The van der Waals surface area contributed by atoms with Crippen LogP contribution in [0.5, 0.6) is 5.75 Å². The van der Waals surface area contributed by atoms with E-state index in [-0.39, 0.29) is 18.8 Å². The molecule has 10 heteroatoms. The lowest BCUT2D eigenvalue weighted by atomic mass is 10.2. The summed E-state index contributed by atoms with van der Waals surface area (Å²) in [6.45, 7) is -0.225. The van der Waals surface area contributed by atoms with E-state index < -0.39 is 17.8 Å². The molecular weight excluding hydrogens is 389 g/mol. The smallest absolute Gasteiger partial charge is 0.406 e. The van der Waals surface area contributed by atoms with Crippen LogP contribution >= 0.6 is 0 Å². The molecule has 0 aliphatic carbocycles. The van der Waals surface area contributed by atoms with Gasteiger partial charge in [-0.15, -0.1) is 13.2 Å². The standard InChI is InChI=1S/C19H15F3N4O3/c20-19(21,22)29-15-3-1-13(2-4-15)11-24-17(27)12-26-18(28)6-5-16(25-26)14-7-9-23-10-8-14/h1-10H,11-12H2,(H,24,27). The maximum absolute atomic E-state index is 12.2. The highest BCUT2D eigenvalue weighted by Crippen LogP contribution is 2.22. The van der Waals surface area contributed by atoms with Crippen molar-refractivity contribution in [1.29, 1.82) is 0 Å². The van der Waals surface area contributed by atoms with Crippen LogP contribution in [0, 0.1) is 0 Å². The monoisotopic (exact) mass is 404 g/mol. The molecule has 0 aliphatic heterocycles. The largest absolute Gasteiger partial charge is 0.573 e. The average molecular weight is 404 g/mol. The van der Waals surface area contributed by atoms with Gasteiger partial charge >= 0.3 is 6.36 Å². The summed E-state index contributed by atoms with van der Waals surface area (Å²) in [4.78, 5) is 28.0. The summed E-state index contributed by atoms with van der Waals surface area (Å²) in [6, 6.07) is 11.4. The Morgan fingerprint density at radius 3 is 2.38 bits per heavy atom. The third kappa shape index (κ3) is 5.89. The molecule has 1 N–H and O–H groups in total. The van der Waals surface area contributed by atoms with E-state index in [1.165, 1.54) is 18.2 Å². The number of carbonyl (C=O) groups excluding carboxylic acids is 1. The van der Waals surface area contributed by atoms with Crippen molar-refractivity contribution in [2.45, 2.75) is 19.5 Å². The van der Waals surface area contributed by atoms with Gasteiger partial charge in [0.15, 0.2) is 0 Å². The second-order valence-electron chi connectivity index (χ2n) is 5.92. The molecule has 0 saturated carbocycles. The third-order valence-electron chi connectivity index (χ3n) is 3.78. The van der Waals surface area contributed by atoms with Crippen LogP contribution in [0.2, 0.25) is 0 Å². The van der Waals surface area contributed by atoms with Crippen molar-refractivity contribution in [2.75, 3.05) is 0 Å². The van der Waals surface area contributed by atoms with Gasteiger partial charge in [-0.05, 0) is 35.9 Å². The number of hydrogen-bond donors (Lipinski definition) is 1. The van der Waals surface area contributed by atoms with Crippen molar-refractivity contribution in [2.24, 2.45) is 0 Å². The minimum Gasteiger partial charge on any atom is -0.406 e. The molecular formula is C19H15F3N4O3. The van der Waals surface area contributed by atoms with Crippen LogP contribution < -0.4 is 15.6 Å². The number of carbonyl (C=O) groups is 1. The van der Waals surface area contributed by atoms with Crippen LogP contribution in [-0.2, 0) is 17.9 Å². The first-order valence-electron chi connectivity index (χ1n) is 8.40. The average Bonchev–Trinajstić information content (AvgIpc) is 2.69. The zero-order valence-corrected chi connectivity index (χ0v) is 14.9. The third-order valence-corrected chi connectivity index (χ3v) is 3.78. The second kappa shape index (κ2) is 8.55. The van der Waals surface area contributed by atoms with Gasteiger partial charge in [0.25, 0.3) is 5.56 Å². The zero-order chi connectivity index (χ0) is 20.9. The summed E-state index contributed by atoms with van der Waals surface area (Å²) in [7, 11) is 0. The van der Waals surface area contributed by atoms with Crippen molar-refractivity contribution in [3.63, 3.8) is 0 Å². The molecule has 0 aliphatic rings. The first kappa shape index (κ1) is 20.1. The fraction of sp³-hybridized carbons (Fsp3) is 0.158. The van der Waals surface area contributed by atoms with E-state index in [2.05, 4.69) is 20.1 Å². The molecule has 0 atom stereocenters. The van der Waals surface area contributed by atoms with Gasteiger partial charge in [-0.1, -0.05) is 12.1 Å². The molecule has 0 radical (unpaired) electrons. The predicted octanol–water partition coefficient (Wildman–Crippen LogP) is 2.52. The Bertz CT molecular complexity index is 1040. The molecule has 2 heterocycles. The van der Waals surface area contributed by atoms with E-state index in [1.54, 1.807) is 30.6 Å². The summed E-state index contributed by atoms with van der Waals surface area (Å²) in [5, 5.41) is 6.77. The highest BCUT2D eigenvalue weighted by Gasteiger charge is 2.30. The van der Waals surface area contributed by atoms with Crippen molar-refractivity contribution < 1.29 is 22.7 Å². The normalized spacial score (nSPS) is 11.1. The Hall–Kier alpha value is -3.69. The Morgan fingerprint density at radius 2 is 1.72 bits per heavy atom. The Labute approximate surface area is 162 Å². The number of aromatic nitrogens is 3. The first-order chi connectivity index (χ1) is 13.8. The van der Waals surface area contributed by atoms with Gasteiger partial charge in [0.1, 0.15) is 12.3 Å². The summed E-state index contributed by atoms with van der Waals surface area (Å²) >= 11 is 0. The quantitative estimate of drug-likeness (QED) is 0.682. The van der Waals surface area contributed by atoms with Gasteiger partial charge in [0.2, 0.25) is 5.91 Å². The number of nitrogens with zero attached hydrogens (tertiary/aromatic N) is 3. The number of benzene rings is 1. The van der Waals surface area contributed by atoms with Gasteiger partial charge in [-0.25, -0.2) is 4.68 Å². The van der Waals surface area contributed by atoms with E-state index in [0.29, 0.717) is 11.3 Å². The van der Waals surface area contributed by atoms with Gasteiger partial charge < -0.3 is 10.1 Å². The van der Waals surface area contributed by atoms with Crippen molar-refractivity contribution >= 4 is 5.91 Å². The van der Waals surface area contributed by atoms with Gasteiger partial charge in [0.05, 0.1) is 5.69 Å². The molecule has 0 saturated heterocycles. The highest BCUT2D eigenvalue weighted by molar-refractivity contribution is 5.75. The fourth-order valence-corrected chi connectivity index (χ4v) is 2.44. The van der Waals surface area contributed by atoms with E-state index in [4.69, 9.17) is 0 Å². The molecule has 3 rings (SSSR count). The molecule has 29 heavy (non-hydrogen) atoms. The molecule has 1 amide bonds. The number of nitrogens with one attached hydrogen (secondary N) is 1. The Morgan fingerprint density at radius 1 is 1.03 bits per heavy atom. The van der Waals surface area contributed by atoms with E-state index in [0.717, 1.165) is 22.4 Å². The molecule has 0 spiro atoms. The van der Waals surface area contributed by atoms with Crippen molar-refractivity contribution in [3.8, 4) is 17.0 Å². The molecule has 0 fully saturated rings. The van der Waals surface area contributed by atoms with Crippen molar-refractivity contribution in [3.05, 3.63) is 76.8 Å². The molecule has 2 aromatic heterocycles. The summed E-state index contributed by atoms with van der Waals surface area (Å²) < 4.78 is 41.3. The number of rotatable bonds is 6. The summed E-state index contributed by atoms with van der Waals surface area (Å²) in [5.74, 6) is -0.821. The number of hydrogen-bond acceptors (Lipinski definition) is 5. The summed E-state index contributed by atoms with van der Waals surface area (Å²) in [6.07, 6.45) is -1.59. The topological polar surface area (TPSA) is 86.1 Å². The second-order valence-corrected chi connectivity index (χ2v) is 5.92.